The predicted molar refractivity (Wildman–Crippen MR) is 88.9 cm³/mol. The van der Waals surface area contributed by atoms with E-state index in [0.717, 1.165) is 17.8 Å². The summed E-state index contributed by atoms with van der Waals surface area (Å²) in [6.45, 7) is 1.82. The van der Waals surface area contributed by atoms with E-state index in [1.54, 1.807) is 24.3 Å². The Bertz CT molecular complexity index is 1050. The summed E-state index contributed by atoms with van der Waals surface area (Å²) in [6.07, 6.45) is 1.47. The summed E-state index contributed by atoms with van der Waals surface area (Å²) in [5.41, 5.74) is 2.28. The monoisotopic (exact) mass is 361 g/mol. The van der Waals surface area contributed by atoms with Crippen molar-refractivity contribution >= 4 is 10.0 Å². The number of halogens is 2. The molecule has 128 valence electrons. The Morgan fingerprint density at radius 2 is 1.72 bits per heavy atom. The van der Waals surface area contributed by atoms with Gasteiger partial charge in [-0.3, -0.25) is 9.97 Å². The first-order chi connectivity index (χ1) is 11.8. The van der Waals surface area contributed by atoms with Crippen LogP contribution in [0.15, 0.2) is 53.6 Å². The van der Waals surface area contributed by atoms with E-state index >= 15 is 0 Å². The molecule has 2 heterocycles. The smallest absolute Gasteiger partial charge is 0.243 e. The fourth-order valence-corrected chi connectivity index (χ4v) is 3.16. The van der Waals surface area contributed by atoms with Gasteiger partial charge in [0.15, 0.2) is 4.90 Å². The van der Waals surface area contributed by atoms with E-state index < -0.39 is 26.6 Å². The molecular formula is C17H13F2N3O2S. The first-order valence-corrected chi connectivity index (χ1v) is 8.73. The van der Waals surface area contributed by atoms with Crippen LogP contribution in [-0.4, -0.2) is 18.4 Å². The quantitative estimate of drug-likeness (QED) is 0.777. The molecule has 0 unspecified atom stereocenters. The molecule has 0 atom stereocenters. The first kappa shape index (κ1) is 17.1. The zero-order valence-corrected chi connectivity index (χ0v) is 13.9. The maximum Gasteiger partial charge on any atom is 0.243 e. The van der Waals surface area contributed by atoms with E-state index in [9.17, 15) is 17.2 Å². The van der Waals surface area contributed by atoms with Gasteiger partial charge in [-0.2, -0.15) is 0 Å². The molecule has 0 aliphatic rings. The average Bonchev–Trinajstić information content (AvgIpc) is 2.53. The molecule has 0 aliphatic carbocycles. The molecule has 0 fully saturated rings. The molecule has 3 aromatic rings. The molecule has 0 radical (unpaired) electrons. The van der Waals surface area contributed by atoms with Crippen LogP contribution in [0.3, 0.4) is 0 Å². The molecule has 0 amide bonds. The molecule has 3 rings (SSSR count). The lowest BCUT2D eigenvalue weighted by atomic mass is 10.0. The minimum Gasteiger partial charge on any atom is -0.256 e. The van der Waals surface area contributed by atoms with E-state index in [0.29, 0.717) is 11.3 Å². The molecular weight excluding hydrogens is 348 g/mol. The number of pyridine rings is 2. The van der Waals surface area contributed by atoms with Crippen molar-refractivity contribution in [3.8, 4) is 22.5 Å². The normalized spacial score (nSPS) is 11.5. The molecule has 0 saturated carbocycles. The van der Waals surface area contributed by atoms with Crippen molar-refractivity contribution in [2.75, 3.05) is 0 Å². The molecule has 5 nitrogen and oxygen atoms in total. The molecule has 0 spiro atoms. The maximum atomic E-state index is 14.1. The van der Waals surface area contributed by atoms with Crippen LogP contribution in [0.4, 0.5) is 8.78 Å². The van der Waals surface area contributed by atoms with Crippen molar-refractivity contribution in [1.29, 1.82) is 0 Å². The second-order valence-electron chi connectivity index (χ2n) is 5.38. The van der Waals surface area contributed by atoms with E-state index in [-0.39, 0.29) is 11.3 Å². The number of hydrogen-bond acceptors (Lipinski definition) is 4. The summed E-state index contributed by atoms with van der Waals surface area (Å²) in [6, 6.07) is 10.6. The molecule has 8 heteroatoms. The third-order valence-electron chi connectivity index (χ3n) is 3.53. The number of hydrogen-bond donors (Lipinski definition) is 1. The van der Waals surface area contributed by atoms with Gasteiger partial charge >= 0.3 is 0 Å². The van der Waals surface area contributed by atoms with Gasteiger partial charge < -0.3 is 0 Å². The zero-order chi connectivity index (χ0) is 18.2. The van der Waals surface area contributed by atoms with E-state index in [4.69, 9.17) is 5.14 Å². The van der Waals surface area contributed by atoms with E-state index in [1.807, 2.05) is 13.0 Å². The van der Waals surface area contributed by atoms with E-state index in [2.05, 4.69) is 9.97 Å². The third-order valence-corrected chi connectivity index (χ3v) is 4.49. The van der Waals surface area contributed by atoms with Gasteiger partial charge in [0.2, 0.25) is 10.0 Å². The fourth-order valence-electron chi connectivity index (χ4n) is 2.50. The number of primary sulfonamides is 1. The lowest BCUT2D eigenvalue weighted by molar-refractivity contribution is 0.520. The van der Waals surface area contributed by atoms with Crippen LogP contribution in [0.25, 0.3) is 22.5 Å². The Morgan fingerprint density at radius 1 is 1.04 bits per heavy atom. The number of benzene rings is 1. The van der Waals surface area contributed by atoms with Gasteiger partial charge in [0.05, 0.1) is 11.4 Å². The van der Waals surface area contributed by atoms with Crippen molar-refractivity contribution in [2.24, 2.45) is 5.14 Å². The standard InChI is InChI=1S/C17H13F2N3O2S/c1-10-4-2-6-15(22-10)12-5-3-7-21-16(12)11-8-13(18)17(14(19)9-11)25(20,23)24/h2-9H,1H3,(H2,20,23,24). The fraction of sp³-hybridized carbons (Fsp3) is 0.0588. The maximum absolute atomic E-state index is 14.1. The minimum atomic E-state index is -4.51. The van der Waals surface area contributed by atoms with Crippen LogP contribution < -0.4 is 5.14 Å². The number of aryl methyl sites for hydroxylation is 1. The highest BCUT2D eigenvalue weighted by Crippen LogP contribution is 2.31. The summed E-state index contributed by atoms with van der Waals surface area (Å²) >= 11 is 0. The van der Waals surface area contributed by atoms with Gasteiger partial charge in [-0.25, -0.2) is 22.3 Å². The van der Waals surface area contributed by atoms with Crippen LogP contribution >= 0.6 is 0 Å². The van der Waals surface area contributed by atoms with Gasteiger partial charge in [-0.15, -0.1) is 0 Å². The second kappa shape index (κ2) is 6.30. The Morgan fingerprint density at radius 3 is 2.32 bits per heavy atom. The molecule has 0 bridgehead atoms. The third kappa shape index (κ3) is 3.40. The van der Waals surface area contributed by atoms with Gasteiger partial charge in [0.1, 0.15) is 11.6 Å². The van der Waals surface area contributed by atoms with Crippen LogP contribution in [0, 0.1) is 18.6 Å². The molecule has 1 aromatic carbocycles. The largest absolute Gasteiger partial charge is 0.256 e. The molecule has 2 aromatic heterocycles. The molecule has 0 saturated heterocycles. The topological polar surface area (TPSA) is 85.9 Å². The summed E-state index contributed by atoms with van der Waals surface area (Å²) in [5, 5.41) is 4.85. The number of aromatic nitrogens is 2. The second-order valence-corrected chi connectivity index (χ2v) is 6.88. The summed E-state index contributed by atoms with van der Waals surface area (Å²) < 4.78 is 50.9. The molecule has 0 aliphatic heterocycles. The number of nitrogens with two attached hydrogens (primary N) is 1. The number of nitrogens with zero attached hydrogens (tertiary/aromatic N) is 2. The van der Waals surface area contributed by atoms with Crippen LogP contribution in [0.2, 0.25) is 0 Å². The van der Waals surface area contributed by atoms with Gasteiger partial charge in [-0.05, 0) is 43.3 Å². The average molecular weight is 361 g/mol. The van der Waals surface area contributed by atoms with Crippen molar-refractivity contribution < 1.29 is 17.2 Å². The Balaban J connectivity index is 2.22. The number of rotatable bonds is 3. The Labute approximate surface area is 143 Å². The summed E-state index contributed by atoms with van der Waals surface area (Å²) in [4.78, 5) is 7.40. The lowest BCUT2D eigenvalue weighted by Crippen LogP contribution is -2.16. The lowest BCUT2D eigenvalue weighted by Gasteiger charge is -2.11. The summed E-state index contributed by atoms with van der Waals surface area (Å²) in [7, 11) is -4.51. The summed E-state index contributed by atoms with van der Waals surface area (Å²) in [5.74, 6) is -2.54. The highest BCUT2D eigenvalue weighted by Gasteiger charge is 2.23. The van der Waals surface area contributed by atoms with Gasteiger partial charge in [0.25, 0.3) is 0 Å². The highest BCUT2D eigenvalue weighted by molar-refractivity contribution is 7.89. The van der Waals surface area contributed by atoms with Crippen molar-refractivity contribution in [2.45, 2.75) is 11.8 Å². The Hall–Kier alpha value is -2.71. The van der Waals surface area contributed by atoms with Gasteiger partial charge in [-0.1, -0.05) is 6.07 Å². The number of sulfonamides is 1. The molecule has 2 N–H and O–H groups in total. The zero-order valence-electron chi connectivity index (χ0n) is 13.1. The SMILES string of the molecule is Cc1cccc(-c2cccnc2-c2cc(F)c(S(N)(=O)=O)c(F)c2)n1. The van der Waals surface area contributed by atoms with Gasteiger partial charge in [0, 0.05) is 23.0 Å². The van der Waals surface area contributed by atoms with Crippen LogP contribution in [-0.2, 0) is 10.0 Å². The Kier molecular flexibility index (Phi) is 4.32. The van der Waals surface area contributed by atoms with Crippen LogP contribution in [0.1, 0.15) is 5.69 Å². The minimum absolute atomic E-state index is 0.0845. The predicted octanol–water partition coefficient (Wildman–Crippen LogP) is 3.04. The van der Waals surface area contributed by atoms with Crippen molar-refractivity contribution in [1.82, 2.24) is 9.97 Å². The van der Waals surface area contributed by atoms with Crippen LogP contribution in [0.5, 0.6) is 0 Å². The van der Waals surface area contributed by atoms with E-state index in [1.165, 1.54) is 6.20 Å². The van der Waals surface area contributed by atoms with Crippen molar-refractivity contribution in [3.63, 3.8) is 0 Å². The first-order valence-electron chi connectivity index (χ1n) is 7.18. The highest BCUT2D eigenvalue weighted by atomic mass is 32.2. The molecule has 25 heavy (non-hydrogen) atoms. The van der Waals surface area contributed by atoms with Crippen molar-refractivity contribution in [3.05, 3.63) is 66.0 Å².